The Morgan fingerprint density at radius 3 is 2.47 bits per heavy atom. The van der Waals surface area contributed by atoms with Crippen molar-refractivity contribution in [1.29, 1.82) is 0 Å². The van der Waals surface area contributed by atoms with Gasteiger partial charge in [0.1, 0.15) is 0 Å². The number of carbonyl (C=O) groups is 2. The average molecular weight is 220 g/mol. The molecule has 0 spiro atoms. The molecule has 0 radical (unpaired) electrons. The molecule has 1 heterocycles. The minimum Gasteiger partial charge on any atom is -0.476 e. The van der Waals surface area contributed by atoms with Crippen molar-refractivity contribution in [2.45, 2.75) is 6.18 Å². The highest BCUT2D eigenvalue weighted by molar-refractivity contribution is 5.94. The summed E-state index contributed by atoms with van der Waals surface area (Å²) in [5, 5.41) is 8.47. The first-order valence-corrected chi connectivity index (χ1v) is 3.49. The Kier molecular flexibility index (Phi) is 2.69. The van der Waals surface area contributed by atoms with Crippen molar-refractivity contribution in [2.24, 2.45) is 0 Å². The lowest BCUT2D eigenvalue weighted by molar-refractivity contribution is -0.145. The van der Waals surface area contributed by atoms with Crippen molar-refractivity contribution in [3.63, 3.8) is 0 Å². The first-order valence-electron chi connectivity index (χ1n) is 3.49. The van der Waals surface area contributed by atoms with Crippen LogP contribution in [0, 0.1) is 0 Å². The first kappa shape index (κ1) is 11.1. The van der Waals surface area contributed by atoms with Crippen molar-refractivity contribution in [3.05, 3.63) is 23.3 Å². The molecule has 0 amide bonds. The molecule has 5 nitrogen and oxygen atoms in total. The highest BCUT2D eigenvalue weighted by Gasteiger charge is 2.35. The Balaban J connectivity index is 3.35. The van der Waals surface area contributed by atoms with Crippen LogP contribution < -0.4 is 0 Å². The van der Waals surface area contributed by atoms with Crippen LogP contribution in [0.15, 0.2) is 6.20 Å². The summed E-state index contributed by atoms with van der Waals surface area (Å²) in [5.74, 6) is -3.31. The van der Waals surface area contributed by atoms with Crippen molar-refractivity contribution in [1.82, 2.24) is 9.97 Å². The van der Waals surface area contributed by atoms with Gasteiger partial charge in [-0.2, -0.15) is 13.2 Å². The molecular formula is C7H3F3N2O3. The summed E-state index contributed by atoms with van der Waals surface area (Å²) >= 11 is 0. The number of aromatic nitrogens is 2. The largest absolute Gasteiger partial charge is 0.476 e. The van der Waals surface area contributed by atoms with Crippen LogP contribution in [0.4, 0.5) is 13.2 Å². The zero-order valence-electron chi connectivity index (χ0n) is 6.95. The molecule has 0 aromatic carbocycles. The Labute approximate surface area is 80.6 Å². The summed E-state index contributed by atoms with van der Waals surface area (Å²) in [5.41, 5.74) is -1.47. The maximum Gasteiger partial charge on any atom is 0.451 e. The Morgan fingerprint density at radius 1 is 1.47 bits per heavy atom. The number of hydrogen-bond acceptors (Lipinski definition) is 4. The lowest BCUT2D eigenvalue weighted by atomic mass is 10.2. The molecule has 1 N–H and O–H groups in total. The molecule has 0 saturated carbocycles. The van der Waals surface area contributed by atoms with Crippen molar-refractivity contribution in [3.8, 4) is 0 Å². The maximum absolute atomic E-state index is 12.1. The third-order valence-corrected chi connectivity index (χ3v) is 1.40. The second kappa shape index (κ2) is 3.64. The van der Waals surface area contributed by atoms with E-state index in [0.29, 0.717) is 6.20 Å². The Morgan fingerprint density at radius 2 is 2.07 bits per heavy atom. The molecule has 0 fully saturated rings. The van der Waals surface area contributed by atoms with Gasteiger partial charge >= 0.3 is 12.1 Å². The first-order chi connectivity index (χ1) is 6.86. The molecule has 0 saturated heterocycles. The minimum absolute atomic E-state index is 0.0730. The molecule has 0 aliphatic rings. The zero-order chi connectivity index (χ0) is 11.6. The Bertz CT molecular complexity index is 416. The fraction of sp³-hybridized carbons (Fsp3) is 0.143. The van der Waals surface area contributed by atoms with E-state index >= 15 is 0 Å². The summed E-state index contributed by atoms with van der Waals surface area (Å²) < 4.78 is 36.2. The van der Waals surface area contributed by atoms with Gasteiger partial charge in [-0.1, -0.05) is 0 Å². The smallest absolute Gasteiger partial charge is 0.451 e. The van der Waals surface area contributed by atoms with Crippen molar-refractivity contribution >= 4 is 12.3 Å². The van der Waals surface area contributed by atoms with E-state index in [9.17, 15) is 22.8 Å². The lowest BCUT2D eigenvalue weighted by Gasteiger charge is -2.05. The predicted octanol–water partition coefficient (Wildman–Crippen LogP) is 1.01. The van der Waals surface area contributed by atoms with Crippen LogP contribution >= 0.6 is 0 Å². The van der Waals surface area contributed by atoms with Crippen molar-refractivity contribution < 1.29 is 27.9 Å². The van der Waals surface area contributed by atoms with E-state index in [1.165, 1.54) is 0 Å². The average Bonchev–Trinajstić information content (AvgIpc) is 2.15. The van der Waals surface area contributed by atoms with E-state index in [1.54, 1.807) is 0 Å². The molecule has 0 aliphatic heterocycles. The van der Waals surface area contributed by atoms with E-state index in [1.807, 2.05) is 0 Å². The second-order valence-electron chi connectivity index (χ2n) is 2.42. The number of rotatable bonds is 2. The number of hydrogen-bond donors (Lipinski definition) is 1. The van der Waals surface area contributed by atoms with E-state index in [-0.39, 0.29) is 6.29 Å². The molecule has 1 aromatic rings. The third-order valence-electron chi connectivity index (χ3n) is 1.40. The van der Waals surface area contributed by atoms with E-state index < -0.39 is 29.2 Å². The van der Waals surface area contributed by atoms with Gasteiger partial charge < -0.3 is 5.11 Å². The number of carbonyl (C=O) groups excluding carboxylic acids is 1. The van der Waals surface area contributed by atoms with Gasteiger partial charge in [0.25, 0.3) is 0 Å². The van der Waals surface area contributed by atoms with Crippen LogP contribution in [-0.4, -0.2) is 27.3 Å². The molecule has 1 rings (SSSR count). The van der Waals surface area contributed by atoms with Crippen LogP contribution in [-0.2, 0) is 6.18 Å². The molecule has 0 unspecified atom stereocenters. The number of aldehydes is 1. The van der Waals surface area contributed by atoms with E-state index in [2.05, 4.69) is 9.97 Å². The molecule has 1 aromatic heterocycles. The maximum atomic E-state index is 12.1. The number of halogens is 3. The standard InChI is InChI=1S/C7H3F3N2O3/c8-7(9,10)6-11-1-3(2-13)4(12-6)5(14)15/h1-2H,(H,14,15). The summed E-state index contributed by atoms with van der Waals surface area (Å²) in [6, 6.07) is 0. The number of carboxylic acids is 1. The van der Waals surface area contributed by atoms with Gasteiger partial charge in [0.15, 0.2) is 12.0 Å². The van der Waals surface area contributed by atoms with Crippen LogP contribution in [0.3, 0.4) is 0 Å². The summed E-state index contributed by atoms with van der Waals surface area (Å²) in [6.45, 7) is 0. The highest BCUT2D eigenvalue weighted by Crippen LogP contribution is 2.26. The fourth-order valence-corrected chi connectivity index (χ4v) is 0.785. The molecular weight excluding hydrogens is 217 g/mol. The van der Waals surface area contributed by atoms with Crippen LogP contribution in [0.25, 0.3) is 0 Å². The summed E-state index contributed by atoms with van der Waals surface area (Å²) in [7, 11) is 0. The van der Waals surface area contributed by atoms with Gasteiger partial charge in [-0.3, -0.25) is 4.79 Å². The summed E-state index contributed by atoms with van der Waals surface area (Å²) in [4.78, 5) is 26.3. The Hall–Kier alpha value is -1.99. The van der Waals surface area contributed by atoms with Gasteiger partial charge in [0, 0.05) is 6.20 Å². The van der Waals surface area contributed by atoms with Gasteiger partial charge in [-0.15, -0.1) is 0 Å². The number of carboxylic acid groups (broad SMARTS) is 1. The molecule has 0 bridgehead atoms. The monoisotopic (exact) mass is 220 g/mol. The van der Waals surface area contributed by atoms with Gasteiger partial charge in [-0.05, 0) is 0 Å². The number of nitrogens with zero attached hydrogens (tertiary/aromatic N) is 2. The topological polar surface area (TPSA) is 80.2 Å². The van der Waals surface area contributed by atoms with Crippen LogP contribution in [0.1, 0.15) is 26.7 Å². The molecule has 0 atom stereocenters. The molecule has 80 valence electrons. The SMILES string of the molecule is O=Cc1cnc(C(F)(F)F)nc1C(=O)O. The molecule has 15 heavy (non-hydrogen) atoms. The third kappa shape index (κ3) is 2.27. The quantitative estimate of drug-likeness (QED) is 0.752. The lowest BCUT2D eigenvalue weighted by Crippen LogP contribution is -2.16. The highest BCUT2D eigenvalue weighted by atomic mass is 19.4. The van der Waals surface area contributed by atoms with Crippen LogP contribution in [0.5, 0.6) is 0 Å². The van der Waals surface area contributed by atoms with Crippen molar-refractivity contribution in [2.75, 3.05) is 0 Å². The zero-order valence-corrected chi connectivity index (χ0v) is 6.95. The molecule has 8 heteroatoms. The minimum atomic E-state index is -4.84. The van der Waals surface area contributed by atoms with Crippen LogP contribution in [0.2, 0.25) is 0 Å². The van der Waals surface area contributed by atoms with E-state index in [0.717, 1.165) is 0 Å². The number of aromatic carboxylic acids is 1. The normalized spacial score (nSPS) is 11.1. The summed E-state index contributed by atoms with van der Waals surface area (Å²) in [6.07, 6.45) is -4.25. The predicted molar refractivity (Wildman–Crippen MR) is 39.4 cm³/mol. The fourth-order valence-electron chi connectivity index (χ4n) is 0.785. The van der Waals surface area contributed by atoms with E-state index in [4.69, 9.17) is 5.11 Å². The second-order valence-corrected chi connectivity index (χ2v) is 2.42. The van der Waals surface area contributed by atoms with Gasteiger partial charge in [-0.25, -0.2) is 14.8 Å². The van der Waals surface area contributed by atoms with Gasteiger partial charge in [0.2, 0.25) is 5.82 Å². The molecule has 0 aliphatic carbocycles. The number of alkyl halides is 3. The van der Waals surface area contributed by atoms with Gasteiger partial charge in [0.05, 0.1) is 5.56 Å².